The van der Waals surface area contributed by atoms with Crippen molar-refractivity contribution >= 4 is 61.1 Å². The lowest BCUT2D eigenvalue weighted by Gasteiger charge is -2.21. The van der Waals surface area contributed by atoms with Crippen molar-refractivity contribution < 1.29 is 9.53 Å². The van der Waals surface area contributed by atoms with Crippen LogP contribution in [0, 0.1) is 5.92 Å². The number of benzene rings is 2. The highest BCUT2D eigenvalue weighted by atomic mass is 35.5. The average molecular weight is 441 g/mol. The number of anilines is 2. The van der Waals surface area contributed by atoms with E-state index in [9.17, 15) is 4.79 Å². The van der Waals surface area contributed by atoms with Gasteiger partial charge in [-0.3, -0.25) is 4.79 Å². The predicted molar refractivity (Wildman–Crippen MR) is 121 cm³/mol. The monoisotopic (exact) mass is 440 g/mol. The summed E-state index contributed by atoms with van der Waals surface area (Å²) in [5, 5.41) is 4.75. The second-order valence-electron chi connectivity index (χ2n) is 7.64. The molecule has 4 aromatic rings. The maximum atomic E-state index is 12.8. The predicted octanol–water partition coefficient (Wildman–Crippen LogP) is 5.58. The van der Waals surface area contributed by atoms with Crippen molar-refractivity contribution in [3.63, 3.8) is 0 Å². The number of ether oxygens (including phenoxy) is 1. The van der Waals surface area contributed by atoms with E-state index in [0.29, 0.717) is 28.9 Å². The Bertz CT molecular complexity index is 1240. The molecule has 154 valence electrons. The first kappa shape index (κ1) is 19.5. The molecule has 0 atom stereocenters. The highest BCUT2D eigenvalue weighted by Crippen LogP contribution is 2.31. The Balaban J connectivity index is 1.39. The van der Waals surface area contributed by atoms with Crippen LogP contribution in [0.1, 0.15) is 29.6 Å². The summed E-state index contributed by atoms with van der Waals surface area (Å²) in [6.45, 7) is 1.51. The zero-order chi connectivity index (χ0) is 20.7. The number of carbonyl (C=O) groups is 1. The number of halogens is 1. The number of carbonyl (C=O) groups excluding carboxylic acids is 1. The van der Waals surface area contributed by atoms with E-state index >= 15 is 0 Å². The van der Waals surface area contributed by atoms with Gasteiger partial charge < -0.3 is 14.6 Å². The Morgan fingerprint density at radius 2 is 2.03 bits per heavy atom. The molecule has 3 heterocycles. The molecule has 0 unspecified atom stereocenters. The van der Waals surface area contributed by atoms with E-state index in [4.69, 9.17) is 21.3 Å². The molecule has 2 aromatic carbocycles. The van der Waals surface area contributed by atoms with E-state index < -0.39 is 0 Å². The minimum Gasteiger partial charge on any atom is -0.381 e. The minimum absolute atomic E-state index is 0.173. The van der Waals surface area contributed by atoms with Crippen LogP contribution in [0.15, 0.2) is 36.4 Å². The van der Waals surface area contributed by atoms with Crippen molar-refractivity contribution in [3.8, 4) is 0 Å². The minimum atomic E-state index is 0.173. The number of thiazole rings is 1. The Kier molecular flexibility index (Phi) is 5.18. The van der Waals surface area contributed by atoms with Gasteiger partial charge in [-0.2, -0.15) is 0 Å². The number of nitrogens with zero attached hydrogens (tertiary/aromatic N) is 3. The van der Waals surface area contributed by atoms with Gasteiger partial charge in [-0.05, 0) is 55.2 Å². The third-order valence-corrected chi connectivity index (χ3v) is 6.76. The number of rotatable bonds is 5. The van der Waals surface area contributed by atoms with Crippen molar-refractivity contribution in [1.29, 1.82) is 0 Å². The van der Waals surface area contributed by atoms with Crippen LogP contribution in [-0.4, -0.2) is 33.5 Å². The van der Waals surface area contributed by atoms with Crippen LogP contribution in [0.5, 0.6) is 0 Å². The molecule has 1 aliphatic heterocycles. The van der Waals surface area contributed by atoms with E-state index in [1.54, 1.807) is 0 Å². The fourth-order valence-corrected chi connectivity index (χ4v) is 5.00. The molecule has 1 fully saturated rings. The Hall–Kier alpha value is -2.48. The van der Waals surface area contributed by atoms with E-state index in [-0.39, 0.29) is 5.78 Å². The van der Waals surface area contributed by atoms with Gasteiger partial charge in [0.2, 0.25) is 5.95 Å². The first-order chi connectivity index (χ1) is 14.6. The van der Waals surface area contributed by atoms with Crippen LogP contribution in [0.4, 0.5) is 11.1 Å². The van der Waals surface area contributed by atoms with Crippen molar-refractivity contribution in [2.45, 2.75) is 19.3 Å². The Labute approximate surface area is 182 Å². The van der Waals surface area contributed by atoms with Crippen molar-refractivity contribution in [1.82, 2.24) is 14.5 Å². The lowest BCUT2D eigenvalue weighted by atomic mass is 9.92. The second kappa shape index (κ2) is 7.98. The molecule has 1 saturated heterocycles. The molecular weight excluding hydrogens is 420 g/mol. The molecule has 1 aliphatic rings. The maximum absolute atomic E-state index is 12.8. The zero-order valence-electron chi connectivity index (χ0n) is 16.5. The number of hydrogen-bond acceptors (Lipinski definition) is 6. The molecule has 0 spiro atoms. The van der Waals surface area contributed by atoms with Crippen LogP contribution in [0.3, 0.4) is 0 Å². The van der Waals surface area contributed by atoms with Gasteiger partial charge in [-0.1, -0.05) is 22.9 Å². The molecule has 1 N–H and O–H groups in total. The molecule has 0 saturated carbocycles. The fourth-order valence-electron chi connectivity index (χ4n) is 3.86. The lowest BCUT2D eigenvalue weighted by Crippen LogP contribution is -2.18. The molecule has 6 nitrogen and oxygen atoms in total. The molecule has 2 aromatic heterocycles. The number of ketones is 1. The molecule has 5 rings (SSSR count). The summed E-state index contributed by atoms with van der Waals surface area (Å²) in [7, 11) is 1.95. The van der Waals surface area contributed by atoms with E-state index in [1.807, 2.05) is 48.0 Å². The second-order valence-corrected chi connectivity index (χ2v) is 9.10. The molecule has 0 amide bonds. The third kappa shape index (κ3) is 3.80. The van der Waals surface area contributed by atoms with Gasteiger partial charge in [-0.15, -0.1) is 0 Å². The maximum Gasteiger partial charge on any atom is 0.209 e. The van der Waals surface area contributed by atoms with Crippen LogP contribution >= 0.6 is 22.9 Å². The topological polar surface area (TPSA) is 69.0 Å². The summed E-state index contributed by atoms with van der Waals surface area (Å²) in [4.78, 5) is 22.1. The number of nitrogens with one attached hydrogen (secondary N) is 1. The van der Waals surface area contributed by atoms with Gasteiger partial charge in [0.25, 0.3) is 0 Å². The van der Waals surface area contributed by atoms with Gasteiger partial charge >= 0.3 is 0 Å². The van der Waals surface area contributed by atoms with Crippen LogP contribution in [0.2, 0.25) is 5.02 Å². The SMILES string of the molecule is Cn1c(Nc2nc3ccc(Cl)cc3s2)nc2cc(C(=O)CC3CCOCC3)ccc21. The van der Waals surface area contributed by atoms with Gasteiger partial charge in [0.15, 0.2) is 10.9 Å². The molecule has 30 heavy (non-hydrogen) atoms. The number of Topliss-reactive ketones (excluding diaryl/α,β-unsaturated/α-hetero) is 1. The first-order valence-corrected chi connectivity index (χ1v) is 11.2. The van der Waals surface area contributed by atoms with Gasteiger partial charge in [0.05, 0.1) is 21.3 Å². The third-order valence-electron chi connectivity index (χ3n) is 5.59. The molecule has 0 radical (unpaired) electrons. The number of aromatic nitrogens is 3. The summed E-state index contributed by atoms with van der Waals surface area (Å²) in [6.07, 6.45) is 2.49. The van der Waals surface area contributed by atoms with Gasteiger partial charge in [0, 0.05) is 37.3 Å². The summed E-state index contributed by atoms with van der Waals surface area (Å²) < 4.78 is 8.38. The van der Waals surface area contributed by atoms with E-state index in [0.717, 1.165) is 52.4 Å². The van der Waals surface area contributed by atoms with E-state index in [2.05, 4.69) is 10.3 Å². The van der Waals surface area contributed by atoms with E-state index in [1.165, 1.54) is 11.3 Å². The smallest absolute Gasteiger partial charge is 0.209 e. The summed E-state index contributed by atoms with van der Waals surface area (Å²) >= 11 is 7.60. The highest BCUT2D eigenvalue weighted by Gasteiger charge is 2.19. The standard InChI is InChI=1S/C22H21ClN4O2S/c1-27-18-5-2-14(19(28)10-13-6-8-29-9-7-13)11-17(18)24-21(27)26-22-25-16-4-3-15(23)12-20(16)30-22/h2-5,11-13H,6-10H2,1H3,(H,24,25,26). The van der Waals surface area contributed by atoms with Gasteiger partial charge in [-0.25, -0.2) is 9.97 Å². The Morgan fingerprint density at radius 1 is 1.20 bits per heavy atom. The number of aryl methyl sites for hydroxylation is 1. The van der Waals surface area contributed by atoms with Crippen molar-refractivity contribution in [2.75, 3.05) is 18.5 Å². The van der Waals surface area contributed by atoms with Crippen molar-refractivity contribution in [2.24, 2.45) is 13.0 Å². The van der Waals surface area contributed by atoms with Gasteiger partial charge in [0.1, 0.15) is 0 Å². The molecule has 8 heteroatoms. The fraction of sp³-hybridized carbons (Fsp3) is 0.318. The van der Waals surface area contributed by atoms with Crippen LogP contribution in [-0.2, 0) is 11.8 Å². The highest BCUT2D eigenvalue weighted by molar-refractivity contribution is 7.22. The van der Waals surface area contributed by atoms with Crippen molar-refractivity contribution in [3.05, 3.63) is 47.0 Å². The van der Waals surface area contributed by atoms with Crippen LogP contribution in [0.25, 0.3) is 21.3 Å². The lowest BCUT2D eigenvalue weighted by molar-refractivity contribution is 0.0601. The number of imidazole rings is 1. The largest absolute Gasteiger partial charge is 0.381 e. The molecular formula is C22H21ClN4O2S. The summed E-state index contributed by atoms with van der Waals surface area (Å²) in [5.41, 5.74) is 3.37. The number of hydrogen-bond donors (Lipinski definition) is 1. The Morgan fingerprint density at radius 3 is 2.87 bits per heavy atom. The molecule has 0 bridgehead atoms. The quantitative estimate of drug-likeness (QED) is 0.410. The molecule has 0 aliphatic carbocycles. The average Bonchev–Trinajstić information content (AvgIpc) is 3.28. The first-order valence-electron chi connectivity index (χ1n) is 9.97. The normalized spacial score (nSPS) is 15.1. The van der Waals surface area contributed by atoms with Crippen LogP contribution < -0.4 is 5.32 Å². The number of fused-ring (bicyclic) bond motifs is 2. The zero-order valence-corrected chi connectivity index (χ0v) is 18.1. The summed E-state index contributed by atoms with van der Waals surface area (Å²) in [6, 6.07) is 11.4. The summed E-state index contributed by atoms with van der Waals surface area (Å²) in [5.74, 6) is 1.27.